The normalized spacial score (nSPS) is 11.5. The molecule has 0 spiro atoms. The molecular formula is C7H8NO2S. The number of rotatable bonds is 1. The second-order valence-electron chi connectivity index (χ2n) is 2.19. The molecule has 59 valence electrons. The molecule has 1 aromatic carbocycles. The largest absolute Gasteiger partial charge is 0.238 e. The van der Waals surface area contributed by atoms with Crippen molar-refractivity contribution in [2.24, 2.45) is 5.14 Å². The van der Waals surface area contributed by atoms with Gasteiger partial charge in [0.05, 0.1) is 4.90 Å². The van der Waals surface area contributed by atoms with Gasteiger partial charge in [0.2, 0.25) is 10.0 Å². The Hall–Kier alpha value is -0.870. The molecule has 1 rings (SSSR count). The van der Waals surface area contributed by atoms with Crippen LogP contribution < -0.4 is 5.14 Å². The maximum Gasteiger partial charge on any atom is 0.238 e. The lowest BCUT2D eigenvalue weighted by Crippen LogP contribution is -2.11. The van der Waals surface area contributed by atoms with Gasteiger partial charge in [0.25, 0.3) is 0 Å². The summed E-state index contributed by atoms with van der Waals surface area (Å²) in [6.45, 7) is 3.57. The van der Waals surface area contributed by atoms with E-state index in [0.29, 0.717) is 5.56 Å². The molecule has 11 heavy (non-hydrogen) atoms. The first-order valence-electron chi connectivity index (χ1n) is 2.95. The van der Waals surface area contributed by atoms with Crippen molar-refractivity contribution in [1.29, 1.82) is 0 Å². The van der Waals surface area contributed by atoms with Gasteiger partial charge in [-0.15, -0.1) is 0 Å². The zero-order valence-corrected chi connectivity index (χ0v) is 6.64. The van der Waals surface area contributed by atoms with E-state index in [1.54, 1.807) is 12.1 Å². The second-order valence-corrected chi connectivity index (χ2v) is 3.75. The zero-order valence-electron chi connectivity index (χ0n) is 5.82. The predicted octanol–water partition coefficient (Wildman–Crippen LogP) is 0.516. The van der Waals surface area contributed by atoms with Crippen LogP contribution in [0, 0.1) is 6.92 Å². The van der Waals surface area contributed by atoms with Gasteiger partial charge in [-0.25, -0.2) is 13.6 Å². The summed E-state index contributed by atoms with van der Waals surface area (Å²) in [6.07, 6.45) is 0. The lowest BCUT2D eigenvalue weighted by atomic mass is 10.2. The maximum atomic E-state index is 10.7. The molecule has 0 amide bonds. The van der Waals surface area contributed by atoms with E-state index in [0.717, 1.165) is 0 Å². The highest BCUT2D eigenvalue weighted by atomic mass is 32.2. The van der Waals surface area contributed by atoms with E-state index in [-0.39, 0.29) is 4.90 Å². The number of hydrogen-bond donors (Lipinski definition) is 1. The van der Waals surface area contributed by atoms with Gasteiger partial charge < -0.3 is 0 Å². The Kier molecular flexibility index (Phi) is 1.97. The van der Waals surface area contributed by atoms with E-state index in [4.69, 9.17) is 5.14 Å². The third-order valence-corrected chi connectivity index (χ3v) is 2.14. The number of nitrogens with two attached hydrogens (primary N) is 1. The molecule has 0 aliphatic carbocycles. The van der Waals surface area contributed by atoms with Crippen LogP contribution in [0.5, 0.6) is 0 Å². The molecule has 0 unspecified atom stereocenters. The molecule has 0 aromatic heterocycles. The molecular weight excluding hydrogens is 162 g/mol. The summed E-state index contributed by atoms with van der Waals surface area (Å²) in [6, 6.07) is 6.16. The molecule has 4 heteroatoms. The van der Waals surface area contributed by atoms with Gasteiger partial charge in [-0.05, 0) is 24.6 Å². The minimum Gasteiger partial charge on any atom is -0.225 e. The molecule has 0 aliphatic rings. The highest BCUT2D eigenvalue weighted by molar-refractivity contribution is 7.89. The zero-order chi connectivity index (χ0) is 8.48. The van der Waals surface area contributed by atoms with Crippen molar-refractivity contribution in [2.75, 3.05) is 0 Å². The predicted molar refractivity (Wildman–Crippen MR) is 42.3 cm³/mol. The Morgan fingerprint density at radius 2 is 2.00 bits per heavy atom. The van der Waals surface area contributed by atoms with Crippen molar-refractivity contribution < 1.29 is 8.42 Å². The van der Waals surface area contributed by atoms with Gasteiger partial charge >= 0.3 is 0 Å². The minimum atomic E-state index is -3.57. The third-order valence-electron chi connectivity index (χ3n) is 1.23. The fraction of sp³-hybridized carbons (Fsp3) is 0. The van der Waals surface area contributed by atoms with Crippen LogP contribution in [0.15, 0.2) is 29.2 Å². The molecule has 0 heterocycles. The van der Waals surface area contributed by atoms with Gasteiger partial charge in [-0.3, -0.25) is 0 Å². The first kappa shape index (κ1) is 8.23. The molecule has 0 saturated carbocycles. The fourth-order valence-corrected chi connectivity index (χ4v) is 1.31. The van der Waals surface area contributed by atoms with Crippen LogP contribution in [0.1, 0.15) is 5.56 Å². The summed E-state index contributed by atoms with van der Waals surface area (Å²) in [5, 5.41) is 4.87. The highest BCUT2D eigenvalue weighted by Gasteiger charge is 2.05. The smallest absolute Gasteiger partial charge is 0.225 e. The van der Waals surface area contributed by atoms with Gasteiger partial charge in [0.1, 0.15) is 0 Å². The SMILES string of the molecule is [CH2]c1cccc(S(N)(=O)=O)c1. The topological polar surface area (TPSA) is 60.2 Å². The molecule has 1 aromatic rings. The number of primary sulfonamides is 1. The number of sulfonamides is 1. The van der Waals surface area contributed by atoms with Crippen LogP contribution >= 0.6 is 0 Å². The van der Waals surface area contributed by atoms with Crippen LogP contribution in [0.4, 0.5) is 0 Å². The maximum absolute atomic E-state index is 10.7. The van der Waals surface area contributed by atoms with Gasteiger partial charge in [0.15, 0.2) is 0 Å². The summed E-state index contributed by atoms with van der Waals surface area (Å²) in [5.74, 6) is 0. The summed E-state index contributed by atoms with van der Waals surface area (Å²) in [4.78, 5) is 0.102. The van der Waals surface area contributed by atoms with E-state index in [1.807, 2.05) is 0 Å². The summed E-state index contributed by atoms with van der Waals surface area (Å²) in [5.41, 5.74) is 0.636. The van der Waals surface area contributed by atoms with Gasteiger partial charge in [-0.1, -0.05) is 12.1 Å². The van der Waals surface area contributed by atoms with Crippen molar-refractivity contribution in [3.8, 4) is 0 Å². The number of hydrogen-bond acceptors (Lipinski definition) is 2. The van der Waals surface area contributed by atoms with E-state index in [9.17, 15) is 8.42 Å². The molecule has 0 fully saturated rings. The average molecular weight is 170 g/mol. The van der Waals surface area contributed by atoms with Crippen LogP contribution in [0.2, 0.25) is 0 Å². The van der Waals surface area contributed by atoms with Gasteiger partial charge in [0, 0.05) is 0 Å². The summed E-state index contributed by atoms with van der Waals surface area (Å²) < 4.78 is 21.5. The van der Waals surface area contributed by atoms with Crippen molar-refractivity contribution in [1.82, 2.24) is 0 Å². The van der Waals surface area contributed by atoms with Crippen molar-refractivity contribution in [2.45, 2.75) is 4.90 Å². The van der Waals surface area contributed by atoms with E-state index in [2.05, 4.69) is 6.92 Å². The monoisotopic (exact) mass is 170 g/mol. The second kappa shape index (κ2) is 2.64. The Labute approximate surface area is 65.9 Å². The standard InChI is InChI=1S/C7H8NO2S/c1-6-3-2-4-7(5-6)11(8,9)10/h2-5H,1H2,(H2,8,9,10). The van der Waals surface area contributed by atoms with Crippen molar-refractivity contribution in [3.63, 3.8) is 0 Å². The third kappa shape index (κ3) is 2.03. The first-order chi connectivity index (χ1) is 5.00. The Balaban J connectivity index is 3.28. The molecule has 0 aliphatic heterocycles. The lowest BCUT2D eigenvalue weighted by Gasteiger charge is -1.97. The van der Waals surface area contributed by atoms with Gasteiger partial charge in [-0.2, -0.15) is 0 Å². The molecule has 0 bridgehead atoms. The fourth-order valence-electron chi connectivity index (χ4n) is 0.722. The number of benzene rings is 1. The Bertz CT molecular complexity index is 356. The van der Waals surface area contributed by atoms with E-state index in [1.165, 1.54) is 12.1 Å². The molecule has 0 saturated heterocycles. The molecule has 0 atom stereocenters. The van der Waals surface area contributed by atoms with E-state index >= 15 is 0 Å². The lowest BCUT2D eigenvalue weighted by molar-refractivity contribution is 0.598. The molecule has 2 N–H and O–H groups in total. The van der Waals surface area contributed by atoms with Crippen LogP contribution in [-0.4, -0.2) is 8.42 Å². The van der Waals surface area contributed by atoms with Crippen molar-refractivity contribution in [3.05, 3.63) is 36.8 Å². The van der Waals surface area contributed by atoms with Crippen LogP contribution in [0.3, 0.4) is 0 Å². The molecule has 3 nitrogen and oxygen atoms in total. The Morgan fingerprint density at radius 3 is 2.36 bits per heavy atom. The highest BCUT2D eigenvalue weighted by Crippen LogP contribution is 2.07. The first-order valence-corrected chi connectivity index (χ1v) is 4.49. The quantitative estimate of drug-likeness (QED) is 0.667. The van der Waals surface area contributed by atoms with Crippen molar-refractivity contribution >= 4 is 10.0 Å². The van der Waals surface area contributed by atoms with E-state index < -0.39 is 10.0 Å². The minimum absolute atomic E-state index is 0.102. The average Bonchev–Trinajstić information content (AvgIpc) is 1.86. The summed E-state index contributed by atoms with van der Waals surface area (Å²) in [7, 11) is -3.57. The van der Waals surface area contributed by atoms with Crippen LogP contribution in [-0.2, 0) is 10.0 Å². The summed E-state index contributed by atoms with van der Waals surface area (Å²) >= 11 is 0. The van der Waals surface area contributed by atoms with Crippen LogP contribution in [0.25, 0.3) is 0 Å². The Morgan fingerprint density at radius 1 is 1.36 bits per heavy atom. The molecule has 1 radical (unpaired) electrons.